The predicted octanol–water partition coefficient (Wildman–Crippen LogP) is 1.54. The fourth-order valence-electron chi connectivity index (χ4n) is 1.17. The van der Waals surface area contributed by atoms with Gasteiger partial charge in [0.15, 0.2) is 0 Å². The molecule has 16 heavy (non-hydrogen) atoms. The molecule has 0 rings (SSSR count). The monoisotopic (exact) mass is 230 g/mol. The molecule has 94 valence electrons. The van der Waals surface area contributed by atoms with Gasteiger partial charge in [-0.15, -0.1) is 0 Å². The van der Waals surface area contributed by atoms with Crippen molar-refractivity contribution in [3.05, 3.63) is 0 Å². The Kier molecular flexibility index (Phi) is 7.33. The minimum atomic E-state index is -0.825. The highest BCUT2D eigenvalue weighted by Crippen LogP contribution is 1.97. The maximum Gasteiger partial charge on any atom is 0.317 e. The first-order chi connectivity index (χ1) is 7.43. The fourth-order valence-corrected chi connectivity index (χ4v) is 1.17. The van der Waals surface area contributed by atoms with Crippen molar-refractivity contribution in [2.24, 2.45) is 5.92 Å². The lowest BCUT2D eigenvalue weighted by molar-refractivity contribution is -0.137. The number of hydrogen-bond acceptors (Lipinski definition) is 2. The Bertz CT molecular complexity index is 229. The number of carboxylic acid groups (broad SMARTS) is 1. The molecule has 0 heterocycles. The van der Waals surface area contributed by atoms with E-state index in [0.717, 1.165) is 6.42 Å². The molecular weight excluding hydrogens is 208 g/mol. The van der Waals surface area contributed by atoms with Crippen LogP contribution in [0.25, 0.3) is 0 Å². The summed E-state index contributed by atoms with van der Waals surface area (Å²) in [6.45, 7) is 5.34. The van der Waals surface area contributed by atoms with Gasteiger partial charge in [0.25, 0.3) is 0 Å². The van der Waals surface area contributed by atoms with E-state index in [0.29, 0.717) is 25.4 Å². The zero-order valence-corrected chi connectivity index (χ0v) is 10.3. The molecule has 2 amide bonds. The Morgan fingerprint density at radius 2 is 2.00 bits per heavy atom. The van der Waals surface area contributed by atoms with Crippen molar-refractivity contribution < 1.29 is 14.7 Å². The molecule has 0 saturated carbocycles. The highest BCUT2D eigenvalue weighted by Gasteiger charge is 2.08. The van der Waals surface area contributed by atoms with Crippen LogP contribution in [0.4, 0.5) is 4.79 Å². The molecule has 0 aliphatic rings. The first kappa shape index (κ1) is 14.7. The van der Waals surface area contributed by atoms with Crippen molar-refractivity contribution in [1.82, 2.24) is 10.2 Å². The number of amides is 2. The molecule has 0 aromatic heterocycles. The Balaban J connectivity index is 3.61. The molecule has 0 aromatic rings. The Morgan fingerprint density at radius 1 is 1.38 bits per heavy atom. The van der Waals surface area contributed by atoms with Gasteiger partial charge in [-0.05, 0) is 18.8 Å². The van der Waals surface area contributed by atoms with E-state index in [1.807, 2.05) is 0 Å². The van der Waals surface area contributed by atoms with Crippen molar-refractivity contribution in [2.75, 3.05) is 20.1 Å². The molecule has 0 atom stereocenters. The van der Waals surface area contributed by atoms with E-state index in [-0.39, 0.29) is 12.5 Å². The Hall–Kier alpha value is -1.26. The molecular formula is C11H22N2O3. The molecule has 0 radical (unpaired) electrons. The summed E-state index contributed by atoms with van der Waals surface area (Å²) >= 11 is 0. The lowest BCUT2D eigenvalue weighted by atomic mass is 10.1. The average Bonchev–Trinajstić information content (AvgIpc) is 2.16. The molecule has 0 aromatic carbocycles. The summed E-state index contributed by atoms with van der Waals surface area (Å²) in [6.07, 6.45) is 1.54. The van der Waals surface area contributed by atoms with Crippen LogP contribution in [0.2, 0.25) is 0 Å². The predicted molar refractivity (Wildman–Crippen MR) is 62.4 cm³/mol. The molecule has 0 fully saturated rings. The van der Waals surface area contributed by atoms with Crippen LogP contribution in [0.3, 0.4) is 0 Å². The van der Waals surface area contributed by atoms with Crippen molar-refractivity contribution in [1.29, 1.82) is 0 Å². The normalized spacial score (nSPS) is 10.2. The molecule has 0 aliphatic carbocycles. The lowest BCUT2D eigenvalue weighted by Gasteiger charge is -2.17. The van der Waals surface area contributed by atoms with Gasteiger partial charge in [-0.2, -0.15) is 0 Å². The van der Waals surface area contributed by atoms with Gasteiger partial charge in [0.05, 0.1) is 0 Å². The quantitative estimate of drug-likeness (QED) is 0.697. The topological polar surface area (TPSA) is 69.6 Å². The molecule has 0 spiro atoms. The first-order valence-corrected chi connectivity index (χ1v) is 5.64. The molecule has 0 unspecified atom stereocenters. The summed E-state index contributed by atoms with van der Waals surface area (Å²) in [5, 5.41) is 11.2. The van der Waals surface area contributed by atoms with Gasteiger partial charge in [0, 0.05) is 26.6 Å². The van der Waals surface area contributed by atoms with Crippen LogP contribution in [0.15, 0.2) is 0 Å². The summed E-state index contributed by atoms with van der Waals surface area (Å²) in [7, 11) is 1.67. The van der Waals surface area contributed by atoms with Crippen LogP contribution in [0.5, 0.6) is 0 Å². The van der Waals surface area contributed by atoms with Crippen molar-refractivity contribution >= 4 is 12.0 Å². The van der Waals surface area contributed by atoms with E-state index in [1.54, 1.807) is 7.05 Å². The van der Waals surface area contributed by atoms with E-state index in [1.165, 1.54) is 4.90 Å². The maximum absolute atomic E-state index is 11.5. The van der Waals surface area contributed by atoms with Crippen LogP contribution in [0.1, 0.15) is 33.1 Å². The number of urea groups is 1. The van der Waals surface area contributed by atoms with Gasteiger partial charge in [-0.25, -0.2) is 4.79 Å². The maximum atomic E-state index is 11.5. The third-order valence-electron chi connectivity index (χ3n) is 2.23. The van der Waals surface area contributed by atoms with Crippen LogP contribution in [-0.2, 0) is 4.79 Å². The number of aliphatic carboxylic acids is 1. The second-order valence-electron chi connectivity index (χ2n) is 4.33. The summed E-state index contributed by atoms with van der Waals surface area (Å²) in [6, 6.07) is -0.133. The van der Waals surface area contributed by atoms with E-state index >= 15 is 0 Å². The minimum absolute atomic E-state index is 0.101. The number of carboxylic acids is 1. The van der Waals surface area contributed by atoms with Gasteiger partial charge < -0.3 is 15.3 Å². The lowest BCUT2D eigenvalue weighted by Crippen LogP contribution is -2.38. The van der Waals surface area contributed by atoms with E-state index < -0.39 is 5.97 Å². The summed E-state index contributed by atoms with van der Waals surface area (Å²) in [5.74, 6) is -0.258. The number of rotatable bonds is 7. The second-order valence-corrected chi connectivity index (χ2v) is 4.33. The number of carbonyl (C=O) groups is 2. The van der Waals surface area contributed by atoms with E-state index in [2.05, 4.69) is 19.2 Å². The number of hydrogen-bond donors (Lipinski definition) is 2. The third kappa shape index (κ3) is 8.08. The first-order valence-electron chi connectivity index (χ1n) is 5.64. The summed E-state index contributed by atoms with van der Waals surface area (Å²) < 4.78 is 0. The average molecular weight is 230 g/mol. The second kappa shape index (κ2) is 7.96. The van der Waals surface area contributed by atoms with Crippen molar-refractivity contribution in [2.45, 2.75) is 33.1 Å². The molecule has 5 nitrogen and oxygen atoms in total. The van der Waals surface area contributed by atoms with E-state index in [4.69, 9.17) is 5.11 Å². The summed E-state index contributed by atoms with van der Waals surface area (Å²) in [4.78, 5) is 23.3. The smallest absolute Gasteiger partial charge is 0.317 e. The van der Waals surface area contributed by atoms with Crippen LogP contribution >= 0.6 is 0 Å². The van der Waals surface area contributed by atoms with Gasteiger partial charge in [0.2, 0.25) is 0 Å². The highest BCUT2D eigenvalue weighted by molar-refractivity contribution is 5.73. The van der Waals surface area contributed by atoms with Crippen LogP contribution in [-0.4, -0.2) is 42.1 Å². The van der Waals surface area contributed by atoms with Crippen LogP contribution in [0, 0.1) is 5.92 Å². The zero-order chi connectivity index (χ0) is 12.6. The number of nitrogens with one attached hydrogen (secondary N) is 1. The zero-order valence-electron chi connectivity index (χ0n) is 10.3. The van der Waals surface area contributed by atoms with E-state index in [9.17, 15) is 9.59 Å². The van der Waals surface area contributed by atoms with Gasteiger partial charge in [0.1, 0.15) is 0 Å². The number of nitrogens with zero attached hydrogens (tertiary/aromatic N) is 1. The Labute approximate surface area is 96.8 Å². The SMILES string of the molecule is CC(C)CCNC(=O)N(C)CCCC(=O)O. The Morgan fingerprint density at radius 3 is 2.50 bits per heavy atom. The summed E-state index contributed by atoms with van der Waals surface area (Å²) in [5.41, 5.74) is 0. The molecule has 5 heteroatoms. The highest BCUT2D eigenvalue weighted by atomic mass is 16.4. The fraction of sp³-hybridized carbons (Fsp3) is 0.818. The molecule has 0 aliphatic heterocycles. The number of carbonyl (C=O) groups excluding carboxylic acids is 1. The van der Waals surface area contributed by atoms with Crippen molar-refractivity contribution in [3.63, 3.8) is 0 Å². The standard InChI is InChI=1S/C11H22N2O3/c1-9(2)6-7-12-11(16)13(3)8-4-5-10(14)15/h9H,4-8H2,1-3H3,(H,12,16)(H,14,15). The van der Waals surface area contributed by atoms with Crippen LogP contribution < -0.4 is 5.32 Å². The molecule has 0 saturated heterocycles. The van der Waals surface area contributed by atoms with Gasteiger partial charge in [-0.1, -0.05) is 13.8 Å². The minimum Gasteiger partial charge on any atom is -0.481 e. The molecule has 0 bridgehead atoms. The van der Waals surface area contributed by atoms with Gasteiger partial charge >= 0.3 is 12.0 Å². The van der Waals surface area contributed by atoms with Gasteiger partial charge in [-0.3, -0.25) is 4.79 Å². The largest absolute Gasteiger partial charge is 0.481 e. The molecule has 2 N–H and O–H groups in total. The van der Waals surface area contributed by atoms with Crippen molar-refractivity contribution in [3.8, 4) is 0 Å². The third-order valence-corrected chi connectivity index (χ3v) is 2.23.